The number of aryl methyl sites for hydroxylation is 1. The number of carbonyl (C=O) groups is 1. The number of nitrogens with zero attached hydrogens (tertiary/aromatic N) is 1. The summed E-state index contributed by atoms with van der Waals surface area (Å²) in [5, 5.41) is 3.06. The predicted octanol–water partition coefficient (Wildman–Crippen LogP) is 3.67. The number of ether oxygens (including phenoxy) is 1. The second kappa shape index (κ2) is 9.62. The largest absolute Gasteiger partial charge is 0.494 e. The second-order valence-electron chi connectivity index (χ2n) is 7.68. The predicted molar refractivity (Wildman–Crippen MR) is 117 cm³/mol. The molecule has 162 valence electrons. The first-order valence-corrected chi connectivity index (χ1v) is 11.9. The highest BCUT2D eigenvalue weighted by atomic mass is 32.2. The Balaban J connectivity index is 1.60. The van der Waals surface area contributed by atoms with Crippen molar-refractivity contribution in [3.8, 4) is 5.75 Å². The smallest absolute Gasteiger partial charge is 0.243 e. The molecular formula is C23H30N2O4S. The van der Waals surface area contributed by atoms with Crippen molar-refractivity contribution in [3.05, 3.63) is 59.7 Å². The number of carbonyl (C=O) groups excluding carboxylic acids is 1. The molecule has 6 nitrogen and oxygen atoms in total. The molecule has 0 aliphatic carbocycles. The van der Waals surface area contributed by atoms with Gasteiger partial charge in [0.1, 0.15) is 5.75 Å². The summed E-state index contributed by atoms with van der Waals surface area (Å²) in [6, 6.07) is 14.7. The van der Waals surface area contributed by atoms with Crippen LogP contribution in [-0.4, -0.2) is 38.3 Å². The maximum Gasteiger partial charge on any atom is 0.243 e. The zero-order valence-electron chi connectivity index (χ0n) is 17.8. The molecule has 1 amide bonds. The Morgan fingerprint density at radius 2 is 1.83 bits per heavy atom. The molecule has 7 heteroatoms. The molecular weight excluding hydrogens is 400 g/mol. The Morgan fingerprint density at radius 3 is 2.43 bits per heavy atom. The Labute approximate surface area is 179 Å². The molecule has 2 aromatic carbocycles. The van der Waals surface area contributed by atoms with E-state index in [1.54, 1.807) is 18.2 Å². The van der Waals surface area contributed by atoms with Gasteiger partial charge in [0.05, 0.1) is 17.5 Å². The molecule has 1 fully saturated rings. The van der Waals surface area contributed by atoms with Gasteiger partial charge in [-0.05, 0) is 62.9 Å². The lowest BCUT2D eigenvalue weighted by Crippen LogP contribution is -2.43. The number of hydrogen-bond acceptors (Lipinski definition) is 4. The van der Waals surface area contributed by atoms with E-state index in [0.29, 0.717) is 38.3 Å². The van der Waals surface area contributed by atoms with Gasteiger partial charge in [0.25, 0.3) is 0 Å². The first-order valence-electron chi connectivity index (χ1n) is 10.4. The quantitative estimate of drug-likeness (QED) is 0.727. The van der Waals surface area contributed by atoms with Crippen molar-refractivity contribution >= 4 is 15.9 Å². The van der Waals surface area contributed by atoms with Crippen LogP contribution in [0.1, 0.15) is 43.9 Å². The zero-order valence-corrected chi connectivity index (χ0v) is 18.6. The summed E-state index contributed by atoms with van der Waals surface area (Å²) in [6.07, 6.45) is 1.03. The molecule has 1 aliphatic heterocycles. The molecule has 1 saturated heterocycles. The Kier molecular flexibility index (Phi) is 7.15. The van der Waals surface area contributed by atoms with Crippen molar-refractivity contribution in [1.82, 2.24) is 9.62 Å². The molecule has 3 rings (SSSR count). The van der Waals surface area contributed by atoms with Gasteiger partial charge < -0.3 is 10.1 Å². The third-order valence-corrected chi connectivity index (χ3v) is 7.46. The highest BCUT2D eigenvalue weighted by Gasteiger charge is 2.32. The number of sulfonamides is 1. The molecule has 1 heterocycles. The van der Waals surface area contributed by atoms with E-state index in [1.165, 1.54) is 4.31 Å². The summed E-state index contributed by atoms with van der Waals surface area (Å²) >= 11 is 0. The Morgan fingerprint density at radius 1 is 1.17 bits per heavy atom. The number of rotatable bonds is 7. The van der Waals surface area contributed by atoms with E-state index in [1.807, 2.05) is 51.1 Å². The van der Waals surface area contributed by atoms with E-state index < -0.39 is 10.0 Å². The maximum atomic E-state index is 13.0. The molecule has 1 N–H and O–H groups in total. The fraction of sp³-hybridized carbons (Fsp3) is 0.435. The average Bonchev–Trinajstić information content (AvgIpc) is 2.76. The fourth-order valence-corrected chi connectivity index (χ4v) is 5.32. The van der Waals surface area contributed by atoms with Gasteiger partial charge in [0, 0.05) is 19.0 Å². The van der Waals surface area contributed by atoms with Crippen molar-refractivity contribution in [3.63, 3.8) is 0 Å². The summed E-state index contributed by atoms with van der Waals surface area (Å²) in [7, 11) is -3.59. The van der Waals surface area contributed by atoms with E-state index >= 15 is 0 Å². The number of nitrogens with one attached hydrogen (secondary N) is 1. The van der Waals surface area contributed by atoms with Gasteiger partial charge >= 0.3 is 0 Å². The normalized spacial score (nSPS) is 16.8. The summed E-state index contributed by atoms with van der Waals surface area (Å²) in [5.41, 5.74) is 1.85. The van der Waals surface area contributed by atoms with Gasteiger partial charge in [0.15, 0.2) is 0 Å². The molecule has 0 spiro atoms. The van der Waals surface area contributed by atoms with Crippen LogP contribution in [0.25, 0.3) is 0 Å². The van der Waals surface area contributed by atoms with Crippen LogP contribution in [0.5, 0.6) is 5.75 Å². The van der Waals surface area contributed by atoms with Gasteiger partial charge in [-0.15, -0.1) is 0 Å². The molecule has 30 heavy (non-hydrogen) atoms. The van der Waals surface area contributed by atoms with E-state index in [-0.39, 0.29) is 22.8 Å². The second-order valence-corrected chi connectivity index (χ2v) is 9.62. The molecule has 1 aliphatic rings. The third kappa shape index (κ3) is 5.02. The molecule has 2 aromatic rings. The summed E-state index contributed by atoms with van der Waals surface area (Å²) in [6.45, 7) is 6.91. The zero-order chi connectivity index (χ0) is 21.7. The summed E-state index contributed by atoms with van der Waals surface area (Å²) < 4.78 is 33.0. The van der Waals surface area contributed by atoms with Crippen molar-refractivity contribution in [1.29, 1.82) is 0 Å². The molecule has 1 atom stereocenters. The average molecular weight is 431 g/mol. The first kappa shape index (κ1) is 22.3. The van der Waals surface area contributed by atoms with Crippen molar-refractivity contribution in [2.75, 3.05) is 19.7 Å². The van der Waals surface area contributed by atoms with Crippen LogP contribution in [0, 0.1) is 12.8 Å². The van der Waals surface area contributed by atoms with Gasteiger partial charge in [-0.3, -0.25) is 4.79 Å². The lowest BCUT2D eigenvalue weighted by molar-refractivity contribution is -0.126. The lowest BCUT2D eigenvalue weighted by Gasteiger charge is -2.31. The minimum atomic E-state index is -3.59. The topological polar surface area (TPSA) is 75.7 Å². The highest BCUT2D eigenvalue weighted by Crippen LogP contribution is 2.27. The van der Waals surface area contributed by atoms with Crippen LogP contribution in [0.2, 0.25) is 0 Å². The standard InChI is InChI=1S/C23H30N2O4S/c1-4-29-22-11-10-21(16-17(22)2)30(27,28)25-14-12-20(13-15-25)23(26)24-18(3)19-8-6-5-7-9-19/h5-11,16,18,20H,4,12-15H2,1-3H3,(H,24,26)/t18-/m0/s1. The van der Waals surface area contributed by atoms with E-state index in [9.17, 15) is 13.2 Å². The molecule has 0 unspecified atom stereocenters. The summed E-state index contributed by atoms with van der Waals surface area (Å²) in [5.74, 6) is 0.504. The monoisotopic (exact) mass is 430 g/mol. The summed E-state index contributed by atoms with van der Waals surface area (Å²) in [4.78, 5) is 12.9. The third-order valence-electron chi connectivity index (χ3n) is 5.57. The number of benzene rings is 2. The minimum Gasteiger partial charge on any atom is -0.494 e. The number of amides is 1. The van der Waals surface area contributed by atoms with Crippen LogP contribution in [0.4, 0.5) is 0 Å². The van der Waals surface area contributed by atoms with Crippen LogP contribution in [0.3, 0.4) is 0 Å². The molecule has 0 bridgehead atoms. The van der Waals surface area contributed by atoms with Gasteiger partial charge in [-0.2, -0.15) is 4.31 Å². The van der Waals surface area contributed by atoms with Crippen LogP contribution >= 0.6 is 0 Å². The van der Waals surface area contributed by atoms with E-state index in [2.05, 4.69) is 5.32 Å². The van der Waals surface area contributed by atoms with Crippen molar-refractivity contribution < 1.29 is 17.9 Å². The van der Waals surface area contributed by atoms with Gasteiger partial charge in [0.2, 0.25) is 15.9 Å². The van der Waals surface area contributed by atoms with Gasteiger partial charge in [-0.25, -0.2) is 8.42 Å². The highest BCUT2D eigenvalue weighted by molar-refractivity contribution is 7.89. The fourth-order valence-electron chi connectivity index (χ4n) is 3.76. The maximum absolute atomic E-state index is 13.0. The van der Waals surface area contributed by atoms with Crippen LogP contribution < -0.4 is 10.1 Å². The number of hydrogen-bond donors (Lipinski definition) is 1. The molecule has 0 radical (unpaired) electrons. The van der Waals surface area contributed by atoms with Crippen molar-refractivity contribution in [2.24, 2.45) is 5.92 Å². The van der Waals surface area contributed by atoms with Gasteiger partial charge in [-0.1, -0.05) is 30.3 Å². The van der Waals surface area contributed by atoms with Crippen LogP contribution in [-0.2, 0) is 14.8 Å². The van der Waals surface area contributed by atoms with E-state index in [0.717, 1.165) is 11.1 Å². The lowest BCUT2D eigenvalue weighted by atomic mass is 9.96. The minimum absolute atomic E-state index is 0.0136. The SMILES string of the molecule is CCOc1ccc(S(=O)(=O)N2CCC(C(=O)N[C@@H](C)c3ccccc3)CC2)cc1C. The molecule has 0 aromatic heterocycles. The van der Waals surface area contributed by atoms with E-state index in [4.69, 9.17) is 4.74 Å². The molecule has 0 saturated carbocycles. The number of piperidine rings is 1. The Bertz CT molecular complexity index is 968. The van der Waals surface area contributed by atoms with Crippen molar-refractivity contribution in [2.45, 2.75) is 44.6 Å². The first-order chi connectivity index (χ1) is 14.3. The Hall–Kier alpha value is -2.38. The van der Waals surface area contributed by atoms with Crippen LogP contribution in [0.15, 0.2) is 53.4 Å².